The number of nitrogens with zero attached hydrogens (tertiary/aromatic N) is 1. The number of amides is 3. The molecule has 3 fully saturated rings. The highest BCUT2D eigenvalue weighted by Gasteiger charge is 2.66. The Morgan fingerprint density at radius 1 is 1.03 bits per heavy atom. The van der Waals surface area contributed by atoms with Crippen molar-refractivity contribution in [1.82, 2.24) is 4.90 Å². The molecule has 2 saturated carbocycles. The molecule has 0 radical (unpaired) electrons. The van der Waals surface area contributed by atoms with E-state index in [2.05, 4.69) is 22.2 Å². The summed E-state index contributed by atoms with van der Waals surface area (Å²) in [6.07, 6.45) is 5.46. The van der Waals surface area contributed by atoms with E-state index in [1.165, 1.54) is 12.0 Å². The molecule has 6 rings (SSSR count). The zero-order valence-corrected chi connectivity index (χ0v) is 16.0. The van der Waals surface area contributed by atoms with Crippen LogP contribution in [0.1, 0.15) is 23.2 Å². The lowest BCUT2D eigenvalue weighted by atomic mass is 9.63. The van der Waals surface area contributed by atoms with Crippen LogP contribution in [-0.2, 0) is 19.1 Å². The summed E-state index contributed by atoms with van der Waals surface area (Å²) < 4.78 is 4.64. The van der Waals surface area contributed by atoms with Crippen LogP contribution in [0.25, 0.3) is 0 Å². The molecule has 5 aliphatic rings. The standard InChI is InChI=1S/C22H22N2O5/c1-29-22(28)11-2-4-12(5-3-11)23-17(25)8-9-24-20(26)18-13-6-7-14(16-10-15(13)16)19(18)21(24)27/h2-7,13-16,18-19H,8-10H2,1H3,(H,23,25)/t13-,14-,15-,16-,18+,19+/m1/s1. The minimum atomic E-state index is -0.448. The second kappa shape index (κ2) is 6.54. The normalized spacial score (nSPS) is 33.3. The lowest BCUT2D eigenvalue weighted by molar-refractivity contribution is -0.140. The van der Waals surface area contributed by atoms with Crippen molar-refractivity contribution in [2.75, 3.05) is 19.0 Å². The van der Waals surface area contributed by atoms with Crippen LogP contribution in [0.3, 0.4) is 0 Å². The zero-order valence-electron chi connectivity index (χ0n) is 16.0. The number of carbonyl (C=O) groups is 4. The Labute approximate surface area is 168 Å². The predicted molar refractivity (Wildman–Crippen MR) is 102 cm³/mol. The average Bonchev–Trinajstić information content (AvgIpc) is 3.51. The molecule has 7 heteroatoms. The van der Waals surface area contributed by atoms with Crippen molar-refractivity contribution in [1.29, 1.82) is 0 Å². The number of allylic oxidation sites excluding steroid dienone is 2. The Balaban J connectivity index is 1.20. The van der Waals surface area contributed by atoms with Gasteiger partial charge in [0.1, 0.15) is 0 Å². The third kappa shape index (κ3) is 2.79. The van der Waals surface area contributed by atoms with Crippen LogP contribution in [-0.4, -0.2) is 42.2 Å². The highest BCUT2D eigenvalue weighted by Crippen LogP contribution is 2.65. The number of carbonyl (C=O) groups excluding carboxylic acids is 4. The molecule has 1 heterocycles. The van der Waals surface area contributed by atoms with E-state index in [4.69, 9.17) is 0 Å². The summed E-state index contributed by atoms with van der Waals surface area (Å²) in [5.74, 6) is 0.118. The molecule has 0 unspecified atom stereocenters. The first-order valence-electron chi connectivity index (χ1n) is 10.0. The monoisotopic (exact) mass is 394 g/mol. The number of hydrogen-bond acceptors (Lipinski definition) is 5. The first kappa shape index (κ1) is 18.1. The van der Waals surface area contributed by atoms with Gasteiger partial charge < -0.3 is 10.1 Å². The molecule has 3 amide bonds. The second-order valence-electron chi connectivity index (χ2n) is 8.35. The third-order valence-electron chi connectivity index (χ3n) is 6.91. The Morgan fingerprint density at radius 2 is 1.62 bits per heavy atom. The topological polar surface area (TPSA) is 92.8 Å². The molecular formula is C22H22N2O5. The predicted octanol–water partition coefficient (Wildman–Crippen LogP) is 1.85. The number of nitrogens with one attached hydrogen (secondary N) is 1. The van der Waals surface area contributed by atoms with Crippen molar-refractivity contribution in [3.8, 4) is 0 Å². The molecule has 0 spiro atoms. The molecular weight excluding hydrogens is 372 g/mol. The van der Waals surface area contributed by atoms with Crippen LogP contribution in [0.4, 0.5) is 5.69 Å². The smallest absolute Gasteiger partial charge is 0.337 e. The fourth-order valence-corrected chi connectivity index (χ4v) is 5.48. The van der Waals surface area contributed by atoms with Crippen molar-refractivity contribution in [3.05, 3.63) is 42.0 Å². The second-order valence-corrected chi connectivity index (χ2v) is 8.35. The number of methoxy groups -OCH3 is 1. The van der Waals surface area contributed by atoms with Crippen LogP contribution in [0.15, 0.2) is 36.4 Å². The van der Waals surface area contributed by atoms with Crippen LogP contribution < -0.4 is 5.32 Å². The number of benzene rings is 1. The summed E-state index contributed by atoms with van der Waals surface area (Å²) in [4.78, 5) is 50.9. The lowest BCUT2D eigenvalue weighted by Gasteiger charge is -2.37. The molecule has 1 aromatic carbocycles. The summed E-state index contributed by atoms with van der Waals surface area (Å²) in [6, 6.07) is 6.35. The van der Waals surface area contributed by atoms with E-state index in [0.29, 0.717) is 23.1 Å². The summed E-state index contributed by atoms with van der Waals surface area (Å²) in [5.41, 5.74) is 0.931. The molecule has 6 atom stereocenters. The quantitative estimate of drug-likeness (QED) is 0.467. The highest BCUT2D eigenvalue weighted by molar-refractivity contribution is 6.06. The third-order valence-corrected chi connectivity index (χ3v) is 6.91. The van der Waals surface area contributed by atoms with Crippen molar-refractivity contribution >= 4 is 29.4 Å². The maximum Gasteiger partial charge on any atom is 0.337 e. The number of ether oxygens (including phenoxy) is 1. The lowest BCUT2D eigenvalue weighted by Crippen LogP contribution is -2.40. The van der Waals surface area contributed by atoms with Gasteiger partial charge in [0.25, 0.3) is 0 Å². The Hall–Kier alpha value is -2.96. The zero-order chi connectivity index (χ0) is 20.3. The van der Waals surface area contributed by atoms with Gasteiger partial charge in [-0.1, -0.05) is 12.2 Å². The van der Waals surface area contributed by atoms with Gasteiger partial charge in [0.05, 0.1) is 24.5 Å². The van der Waals surface area contributed by atoms with Gasteiger partial charge in [0.2, 0.25) is 17.7 Å². The number of rotatable bonds is 5. The molecule has 1 aromatic rings. The molecule has 1 N–H and O–H groups in total. The van der Waals surface area contributed by atoms with E-state index in [0.717, 1.165) is 6.42 Å². The summed E-state index contributed by atoms with van der Waals surface area (Å²) in [7, 11) is 1.31. The maximum atomic E-state index is 12.9. The minimum Gasteiger partial charge on any atom is -0.465 e. The minimum absolute atomic E-state index is 0.0469. The van der Waals surface area contributed by atoms with Crippen LogP contribution in [0.5, 0.6) is 0 Å². The first-order valence-corrected chi connectivity index (χ1v) is 10.0. The molecule has 2 bridgehead atoms. The van der Waals surface area contributed by atoms with Gasteiger partial charge in [-0.05, 0) is 54.4 Å². The van der Waals surface area contributed by atoms with Crippen LogP contribution in [0, 0.1) is 35.5 Å². The van der Waals surface area contributed by atoms with Gasteiger partial charge in [0.15, 0.2) is 0 Å². The average molecular weight is 394 g/mol. The van der Waals surface area contributed by atoms with E-state index < -0.39 is 5.97 Å². The van der Waals surface area contributed by atoms with Crippen molar-refractivity contribution in [2.45, 2.75) is 12.8 Å². The number of likely N-dealkylation sites (tertiary alicyclic amines) is 1. The van der Waals surface area contributed by atoms with E-state index in [1.807, 2.05) is 0 Å². The van der Waals surface area contributed by atoms with E-state index >= 15 is 0 Å². The summed E-state index contributed by atoms with van der Waals surface area (Å²) >= 11 is 0. The van der Waals surface area contributed by atoms with Crippen molar-refractivity contribution < 1.29 is 23.9 Å². The molecule has 7 nitrogen and oxygen atoms in total. The van der Waals surface area contributed by atoms with Gasteiger partial charge in [-0.2, -0.15) is 0 Å². The summed E-state index contributed by atoms with van der Waals surface area (Å²) in [6.45, 7) is 0.103. The molecule has 4 aliphatic carbocycles. The number of imide groups is 1. The van der Waals surface area contributed by atoms with Crippen LogP contribution in [0.2, 0.25) is 0 Å². The highest BCUT2D eigenvalue weighted by atomic mass is 16.5. The molecule has 1 saturated heterocycles. The largest absolute Gasteiger partial charge is 0.465 e. The fourth-order valence-electron chi connectivity index (χ4n) is 5.48. The van der Waals surface area contributed by atoms with Crippen LogP contribution >= 0.6 is 0 Å². The van der Waals surface area contributed by atoms with Gasteiger partial charge in [-0.15, -0.1) is 0 Å². The van der Waals surface area contributed by atoms with E-state index in [1.54, 1.807) is 24.3 Å². The molecule has 1 aliphatic heterocycles. The number of anilines is 1. The van der Waals surface area contributed by atoms with Crippen molar-refractivity contribution in [3.63, 3.8) is 0 Å². The Kier molecular flexibility index (Phi) is 4.08. The summed E-state index contributed by atoms with van der Waals surface area (Å²) in [5, 5.41) is 2.73. The van der Waals surface area contributed by atoms with Gasteiger partial charge >= 0.3 is 5.97 Å². The van der Waals surface area contributed by atoms with Gasteiger partial charge in [-0.25, -0.2) is 4.79 Å². The number of hydrogen-bond donors (Lipinski definition) is 1. The molecule has 150 valence electrons. The Morgan fingerprint density at radius 3 is 2.17 bits per heavy atom. The Bertz CT molecular complexity index is 901. The van der Waals surface area contributed by atoms with Gasteiger partial charge in [0, 0.05) is 18.7 Å². The molecule has 29 heavy (non-hydrogen) atoms. The van der Waals surface area contributed by atoms with Crippen molar-refractivity contribution in [2.24, 2.45) is 35.5 Å². The SMILES string of the molecule is COC(=O)c1ccc(NC(=O)CCN2C(=O)[C@H]3[C@@H]4C=C[C@H]([C@H]5C[C@H]45)[C@@H]3C2=O)cc1. The van der Waals surface area contributed by atoms with E-state index in [-0.39, 0.29) is 54.4 Å². The first-order chi connectivity index (χ1) is 14.0. The number of esters is 1. The maximum absolute atomic E-state index is 12.9. The van der Waals surface area contributed by atoms with Gasteiger partial charge in [-0.3, -0.25) is 19.3 Å². The molecule has 0 aromatic heterocycles. The van der Waals surface area contributed by atoms with E-state index in [9.17, 15) is 19.2 Å². The fraction of sp³-hybridized carbons (Fsp3) is 0.455.